The number of carbonyl (C=O) groups is 1. The Labute approximate surface area is 140 Å². The maximum atomic E-state index is 13.3. The van der Waals surface area contributed by atoms with Crippen molar-refractivity contribution in [3.8, 4) is 0 Å². The lowest BCUT2D eigenvalue weighted by Gasteiger charge is -2.33. The number of rotatable bonds is 4. The Bertz CT molecular complexity index is 772. The van der Waals surface area contributed by atoms with E-state index < -0.39 is 11.3 Å². The van der Waals surface area contributed by atoms with E-state index in [0.717, 1.165) is 34.9 Å². The maximum absolute atomic E-state index is 13.3. The SMILES string of the molecule is CCc1ccc2ccc(/C=C/C3(C=O)CCC(F)(F)CC3)cc2n1. The molecule has 24 heavy (non-hydrogen) atoms. The molecular weight excluding hydrogens is 308 g/mol. The number of nitrogens with zero attached hydrogens (tertiary/aromatic N) is 1. The second kappa shape index (κ2) is 6.42. The van der Waals surface area contributed by atoms with Gasteiger partial charge in [-0.15, -0.1) is 0 Å². The molecule has 0 N–H and O–H groups in total. The van der Waals surface area contributed by atoms with Gasteiger partial charge in [0.2, 0.25) is 5.92 Å². The van der Waals surface area contributed by atoms with Crippen LogP contribution in [0, 0.1) is 5.41 Å². The number of hydrogen-bond acceptors (Lipinski definition) is 2. The van der Waals surface area contributed by atoms with Crippen LogP contribution >= 0.6 is 0 Å². The first-order valence-electron chi connectivity index (χ1n) is 8.38. The molecule has 0 aliphatic heterocycles. The first-order chi connectivity index (χ1) is 11.5. The molecule has 0 unspecified atom stereocenters. The van der Waals surface area contributed by atoms with Crippen LogP contribution in [0.15, 0.2) is 36.4 Å². The minimum Gasteiger partial charge on any atom is -0.302 e. The third-order valence-corrected chi connectivity index (χ3v) is 4.89. The Morgan fingerprint density at radius 2 is 1.83 bits per heavy atom. The summed E-state index contributed by atoms with van der Waals surface area (Å²) in [4.78, 5) is 16.1. The Balaban J connectivity index is 1.85. The van der Waals surface area contributed by atoms with Crippen LogP contribution < -0.4 is 0 Å². The Hall–Kier alpha value is -2.10. The molecule has 1 aromatic heterocycles. The van der Waals surface area contributed by atoms with Gasteiger partial charge >= 0.3 is 0 Å². The van der Waals surface area contributed by atoms with Crippen molar-refractivity contribution >= 4 is 23.3 Å². The fourth-order valence-corrected chi connectivity index (χ4v) is 3.14. The molecule has 3 rings (SSSR count). The van der Waals surface area contributed by atoms with Crippen LogP contribution in [-0.2, 0) is 11.2 Å². The summed E-state index contributed by atoms with van der Waals surface area (Å²) in [6.45, 7) is 2.06. The maximum Gasteiger partial charge on any atom is 0.248 e. The summed E-state index contributed by atoms with van der Waals surface area (Å²) < 4.78 is 26.7. The zero-order chi connectivity index (χ0) is 17.2. The number of benzene rings is 1. The van der Waals surface area contributed by atoms with Crippen LogP contribution in [0.2, 0.25) is 0 Å². The summed E-state index contributed by atoms with van der Waals surface area (Å²) >= 11 is 0. The van der Waals surface area contributed by atoms with Crippen molar-refractivity contribution in [2.24, 2.45) is 5.41 Å². The van der Waals surface area contributed by atoms with Crippen molar-refractivity contribution in [1.29, 1.82) is 0 Å². The Morgan fingerprint density at radius 3 is 2.50 bits per heavy atom. The van der Waals surface area contributed by atoms with Crippen molar-refractivity contribution < 1.29 is 13.6 Å². The summed E-state index contributed by atoms with van der Waals surface area (Å²) in [6.07, 6.45) is 5.30. The highest BCUT2D eigenvalue weighted by molar-refractivity contribution is 5.81. The third kappa shape index (κ3) is 3.53. The number of pyridine rings is 1. The standard InChI is InChI=1S/C20H21F2NO/c1-2-17-6-5-16-4-3-15(13-18(16)23-17)7-8-19(14-24)9-11-20(21,22)12-10-19/h3-8,13-14H,2,9-12H2,1H3/b8-7+. The van der Waals surface area contributed by atoms with E-state index >= 15 is 0 Å². The highest BCUT2D eigenvalue weighted by atomic mass is 19.3. The van der Waals surface area contributed by atoms with Gasteiger partial charge in [-0.2, -0.15) is 0 Å². The highest BCUT2D eigenvalue weighted by Gasteiger charge is 2.41. The van der Waals surface area contributed by atoms with Gasteiger partial charge in [-0.25, -0.2) is 8.78 Å². The van der Waals surface area contributed by atoms with Crippen LogP contribution in [0.4, 0.5) is 8.78 Å². The monoisotopic (exact) mass is 329 g/mol. The number of halogens is 2. The van der Waals surface area contributed by atoms with E-state index in [1.54, 1.807) is 6.08 Å². The average molecular weight is 329 g/mol. The van der Waals surface area contributed by atoms with Crippen molar-refractivity contribution in [2.45, 2.75) is 45.0 Å². The molecule has 2 aromatic rings. The van der Waals surface area contributed by atoms with Gasteiger partial charge in [0.05, 0.1) is 5.52 Å². The van der Waals surface area contributed by atoms with Crippen LogP contribution in [0.3, 0.4) is 0 Å². The molecular formula is C20H21F2NO. The van der Waals surface area contributed by atoms with Crippen LogP contribution in [0.5, 0.6) is 0 Å². The molecule has 1 saturated carbocycles. The van der Waals surface area contributed by atoms with Gasteiger partial charge in [-0.05, 0) is 37.0 Å². The largest absolute Gasteiger partial charge is 0.302 e. The summed E-state index contributed by atoms with van der Waals surface area (Å²) in [5, 5.41) is 1.06. The summed E-state index contributed by atoms with van der Waals surface area (Å²) in [7, 11) is 0. The molecule has 0 amide bonds. The number of fused-ring (bicyclic) bond motifs is 1. The number of aryl methyl sites for hydroxylation is 1. The smallest absolute Gasteiger partial charge is 0.248 e. The van der Waals surface area contributed by atoms with Gasteiger partial charge < -0.3 is 4.79 Å². The second-order valence-corrected chi connectivity index (χ2v) is 6.65. The topological polar surface area (TPSA) is 30.0 Å². The Kier molecular flexibility index (Phi) is 4.48. The molecule has 0 saturated heterocycles. The zero-order valence-electron chi connectivity index (χ0n) is 13.8. The quantitative estimate of drug-likeness (QED) is 0.721. The molecule has 4 heteroatoms. The molecule has 1 aliphatic rings. The molecule has 126 valence electrons. The molecule has 1 aromatic carbocycles. The van der Waals surface area contributed by atoms with Crippen molar-refractivity contribution in [3.05, 3.63) is 47.7 Å². The van der Waals surface area contributed by atoms with E-state index in [1.165, 1.54) is 0 Å². The van der Waals surface area contributed by atoms with E-state index in [9.17, 15) is 13.6 Å². The molecule has 1 aliphatic carbocycles. The minimum absolute atomic E-state index is 0.200. The van der Waals surface area contributed by atoms with Crippen LogP contribution in [0.1, 0.15) is 43.9 Å². The minimum atomic E-state index is -2.64. The molecule has 1 fully saturated rings. The number of alkyl halides is 2. The number of carbonyl (C=O) groups excluding carboxylic acids is 1. The van der Waals surface area contributed by atoms with Gasteiger partial charge in [0.15, 0.2) is 0 Å². The van der Waals surface area contributed by atoms with E-state index in [-0.39, 0.29) is 25.7 Å². The van der Waals surface area contributed by atoms with Gasteiger partial charge in [0, 0.05) is 29.3 Å². The second-order valence-electron chi connectivity index (χ2n) is 6.65. The lowest BCUT2D eigenvalue weighted by atomic mass is 9.73. The lowest BCUT2D eigenvalue weighted by molar-refractivity contribution is -0.120. The predicted octanol–water partition coefficient (Wildman–Crippen LogP) is 5.21. The number of aldehydes is 1. The summed E-state index contributed by atoms with van der Waals surface area (Å²) in [5.41, 5.74) is 2.10. The first-order valence-corrected chi connectivity index (χ1v) is 8.38. The van der Waals surface area contributed by atoms with E-state index in [2.05, 4.69) is 11.9 Å². The van der Waals surface area contributed by atoms with Crippen molar-refractivity contribution in [3.63, 3.8) is 0 Å². The third-order valence-electron chi connectivity index (χ3n) is 4.89. The molecule has 0 radical (unpaired) electrons. The van der Waals surface area contributed by atoms with Crippen molar-refractivity contribution in [2.75, 3.05) is 0 Å². The molecule has 0 atom stereocenters. The summed E-state index contributed by atoms with van der Waals surface area (Å²) in [5.74, 6) is -2.64. The fourth-order valence-electron chi connectivity index (χ4n) is 3.14. The molecule has 1 heterocycles. The average Bonchev–Trinajstić information content (AvgIpc) is 2.60. The number of aromatic nitrogens is 1. The molecule has 2 nitrogen and oxygen atoms in total. The number of hydrogen-bond donors (Lipinski definition) is 0. The van der Waals surface area contributed by atoms with E-state index in [4.69, 9.17) is 0 Å². The summed E-state index contributed by atoms with van der Waals surface area (Å²) in [6, 6.07) is 9.99. The normalized spacial score (nSPS) is 19.6. The van der Waals surface area contributed by atoms with Crippen LogP contribution in [0.25, 0.3) is 17.0 Å². The van der Waals surface area contributed by atoms with E-state index in [1.807, 2.05) is 36.4 Å². The molecule has 0 spiro atoms. The zero-order valence-corrected chi connectivity index (χ0v) is 13.8. The fraction of sp³-hybridized carbons (Fsp3) is 0.400. The van der Waals surface area contributed by atoms with Gasteiger partial charge in [-0.1, -0.05) is 37.3 Å². The van der Waals surface area contributed by atoms with Gasteiger partial charge in [0.1, 0.15) is 6.29 Å². The van der Waals surface area contributed by atoms with Crippen LogP contribution in [-0.4, -0.2) is 17.2 Å². The Morgan fingerprint density at radius 1 is 1.12 bits per heavy atom. The van der Waals surface area contributed by atoms with Crippen molar-refractivity contribution in [1.82, 2.24) is 4.98 Å². The predicted molar refractivity (Wildman–Crippen MR) is 92.1 cm³/mol. The number of allylic oxidation sites excluding steroid dienone is 1. The van der Waals surface area contributed by atoms with Gasteiger partial charge in [0.25, 0.3) is 0 Å². The molecule has 0 bridgehead atoms. The lowest BCUT2D eigenvalue weighted by Crippen LogP contribution is -2.33. The highest BCUT2D eigenvalue weighted by Crippen LogP contribution is 2.43. The first kappa shape index (κ1) is 16.7. The van der Waals surface area contributed by atoms with Gasteiger partial charge in [-0.3, -0.25) is 4.98 Å². The van der Waals surface area contributed by atoms with E-state index in [0.29, 0.717) is 0 Å².